The molecular formula is C22H18ClFO6. The Balaban J connectivity index is 1.50. The average Bonchev–Trinajstić information content (AvgIpc) is 2.67. The van der Waals surface area contributed by atoms with Crippen molar-refractivity contribution in [3.63, 3.8) is 0 Å². The summed E-state index contributed by atoms with van der Waals surface area (Å²) in [4.78, 5) is 23.3. The molecule has 0 unspecified atom stereocenters. The van der Waals surface area contributed by atoms with Crippen LogP contribution in [-0.2, 0) is 9.53 Å². The van der Waals surface area contributed by atoms with Crippen molar-refractivity contribution in [2.24, 2.45) is 5.92 Å². The first-order chi connectivity index (χ1) is 14.4. The van der Waals surface area contributed by atoms with E-state index in [1.165, 1.54) is 24.3 Å². The van der Waals surface area contributed by atoms with Crippen LogP contribution in [0.25, 0.3) is 22.3 Å². The SMILES string of the molecule is O=C(O)C1CC(OCCOc2cc(F)ccc2-c2cc(=O)c3cccc(Cl)c3o2)C1. The lowest BCUT2D eigenvalue weighted by atomic mass is 9.82. The van der Waals surface area contributed by atoms with Crippen molar-refractivity contribution in [1.82, 2.24) is 0 Å². The molecule has 1 saturated carbocycles. The highest BCUT2D eigenvalue weighted by Crippen LogP contribution is 2.34. The number of benzene rings is 2. The summed E-state index contributed by atoms with van der Waals surface area (Å²) in [7, 11) is 0. The van der Waals surface area contributed by atoms with Crippen molar-refractivity contribution < 1.29 is 28.2 Å². The van der Waals surface area contributed by atoms with E-state index in [9.17, 15) is 14.0 Å². The number of carboxylic acid groups (broad SMARTS) is 1. The molecule has 2 aromatic carbocycles. The summed E-state index contributed by atoms with van der Waals surface area (Å²) >= 11 is 6.16. The van der Waals surface area contributed by atoms with Gasteiger partial charge in [-0.15, -0.1) is 0 Å². The highest BCUT2D eigenvalue weighted by molar-refractivity contribution is 6.34. The molecule has 0 amide bonds. The third-order valence-electron chi connectivity index (χ3n) is 5.05. The zero-order chi connectivity index (χ0) is 21.3. The van der Waals surface area contributed by atoms with Gasteiger partial charge >= 0.3 is 5.97 Å². The van der Waals surface area contributed by atoms with Gasteiger partial charge in [-0.25, -0.2) is 4.39 Å². The van der Waals surface area contributed by atoms with Gasteiger partial charge in [0, 0.05) is 12.1 Å². The number of fused-ring (bicyclic) bond motifs is 1. The topological polar surface area (TPSA) is 86.0 Å². The largest absolute Gasteiger partial charge is 0.490 e. The molecule has 8 heteroatoms. The highest BCUT2D eigenvalue weighted by atomic mass is 35.5. The fourth-order valence-electron chi connectivity index (χ4n) is 3.36. The van der Waals surface area contributed by atoms with E-state index in [0.717, 1.165) is 0 Å². The van der Waals surface area contributed by atoms with E-state index in [1.807, 2.05) is 0 Å². The van der Waals surface area contributed by atoms with Crippen molar-refractivity contribution in [2.45, 2.75) is 18.9 Å². The zero-order valence-electron chi connectivity index (χ0n) is 15.8. The lowest BCUT2D eigenvalue weighted by Crippen LogP contribution is -2.37. The van der Waals surface area contributed by atoms with E-state index in [1.54, 1.807) is 18.2 Å². The minimum Gasteiger partial charge on any atom is -0.490 e. The number of carbonyl (C=O) groups is 1. The molecule has 156 valence electrons. The second-order valence-corrected chi connectivity index (χ2v) is 7.49. The Kier molecular flexibility index (Phi) is 5.74. The monoisotopic (exact) mass is 432 g/mol. The van der Waals surface area contributed by atoms with Gasteiger partial charge in [0.05, 0.1) is 34.6 Å². The molecule has 1 aliphatic carbocycles. The van der Waals surface area contributed by atoms with E-state index in [-0.39, 0.29) is 47.8 Å². The van der Waals surface area contributed by atoms with Gasteiger partial charge in [0.25, 0.3) is 0 Å². The van der Waals surface area contributed by atoms with E-state index in [2.05, 4.69) is 0 Å². The maximum atomic E-state index is 13.8. The number of ether oxygens (including phenoxy) is 2. The van der Waals surface area contributed by atoms with Gasteiger partial charge in [0.15, 0.2) is 11.0 Å². The van der Waals surface area contributed by atoms with E-state index in [4.69, 9.17) is 30.6 Å². The highest BCUT2D eigenvalue weighted by Gasteiger charge is 2.35. The number of halogens is 2. The van der Waals surface area contributed by atoms with Gasteiger partial charge in [-0.05, 0) is 37.1 Å². The number of hydrogen-bond acceptors (Lipinski definition) is 5. The van der Waals surface area contributed by atoms with Crippen molar-refractivity contribution in [1.29, 1.82) is 0 Å². The second-order valence-electron chi connectivity index (χ2n) is 7.08. The van der Waals surface area contributed by atoms with Crippen LogP contribution >= 0.6 is 11.6 Å². The molecule has 1 aromatic heterocycles. The minimum absolute atomic E-state index is 0.109. The Labute approximate surface area is 175 Å². The summed E-state index contributed by atoms with van der Waals surface area (Å²) in [5.41, 5.74) is 0.383. The summed E-state index contributed by atoms with van der Waals surface area (Å²) in [6.45, 7) is 0.351. The third kappa shape index (κ3) is 4.17. The van der Waals surface area contributed by atoms with Crippen LogP contribution in [0.15, 0.2) is 51.7 Å². The average molecular weight is 433 g/mol. The van der Waals surface area contributed by atoms with Gasteiger partial charge in [-0.3, -0.25) is 9.59 Å². The van der Waals surface area contributed by atoms with Crippen LogP contribution in [0.4, 0.5) is 4.39 Å². The van der Waals surface area contributed by atoms with Crippen LogP contribution in [0.1, 0.15) is 12.8 Å². The Bertz CT molecular complexity index is 1150. The van der Waals surface area contributed by atoms with E-state index >= 15 is 0 Å². The molecule has 0 aliphatic heterocycles. The van der Waals surface area contributed by atoms with Crippen LogP contribution in [0.5, 0.6) is 5.75 Å². The smallest absolute Gasteiger partial charge is 0.306 e. The van der Waals surface area contributed by atoms with Crippen LogP contribution < -0.4 is 10.2 Å². The summed E-state index contributed by atoms with van der Waals surface area (Å²) in [5.74, 6) is -1.26. The van der Waals surface area contributed by atoms with Crippen LogP contribution in [0.2, 0.25) is 5.02 Å². The number of rotatable bonds is 7. The Morgan fingerprint density at radius 2 is 2.00 bits per heavy atom. The number of hydrogen-bond donors (Lipinski definition) is 1. The Morgan fingerprint density at radius 1 is 1.20 bits per heavy atom. The molecule has 0 spiro atoms. The Hall–Kier alpha value is -2.90. The molecule has 6 nitrogen and oxygen atoms in total. The number of carboxylic acids is 1. The normalized spacial score (nSPS) is 18.2. The number of para-hydroxylation sites is 1. The predicted octanol–water partition coefficient (Wildman–Crippen LogP) is 4.51. The van der Waals surface area contributed by atoms with Gasteiger partial charge < -0.3 is 19.0 Å². The summed E-state index contributed by atoms with van der Waals surface area (Å²) < 4.78 is 30.9. The molecule has 3 aromatic rings. The Morgan fingerprint density at radius 3 is 2.77 bits per heavy atom. The quantitative estimate of drug-likeness (QED) is 0.553. The molecule has 0 atom stereocenters. The third-order valence-corrected chi connectivity index (χ3v) is 5.35. The van der Waals surface area contributed by atoms with Gasteiger partial charge in [0.2, 0.25) is 0 Å². The molecule has 1 fully saturated rings. The van der Waals surface area contributed by atoms with Crippen molar-refractivity contribution in [3.8, 4) is 17.1 Å². The van der Waals surface area contributed by atoms with Crippen LogP contribution in [-0.4, -0.2) is 30.4 Å². The van der Waals surface area contributed by atoms with Gasteiger partial charge in [-0.2, -0.15) is 0 Å². The number of aliphatic carboxylic acids is 1. The predicted molar refractivity (Wildman–Crippen MR) is 108 cm³/mol. The standard InChI is InChI=1S/C22H18ClFO6/c23-17-3-1-2-15-18(25)11-20(30-21(15)17)16-5-4-13(24)10-19(16)29-7-6-28-14-8-12(9-14)22(26)27/h1-5,10-12,14H,6-9H2,(H,26,27). The maximum absolute atomic E-state index is 13.8. The molecule has 4 rings (SSSR count). The summed E-state index contributed by atoms with van der Waals surface area (Å²) in [5, 5.41) is 9.53. The second kappa shape index (κ2) is 8.45. The van der Waals surface area contributed by atoms with E-state index in [0.29, 0.717) is 28.8 Å². The first-order valence-electron chi connectivity index (χ1n) is 9.42. The maximum Gasteiger partial charge on any atom is 0.306 e. The fraction of sp³-hybridized carbons (Fsp3) is 0.273. The fourth-order valence-corrected chi connectivity index (χ4v) is 3.58. The van der Waals surface area contributed by atoms with Crippen LogP contribution in [0.3, 0.4) is 0 Å². The molecule has 30 heavy (non-hydrogen) atoms. The molecule has 0 bridgehead atoms. The van der Waals surface area contributed by atoms with Crippen molar-refractivity contribution in [2.75, 3.05) is 13.2 Å². The van der Waals surface area contributed by atoms with Gasteiger partial charge in [-0.1, -0.05) is 17.7 Å². The molecule has 1 heterocycles. The van der Waals surface area contributed by atoms with E-state index < -0.39 is 11.8 Å². The van der Waals surface area contributed by atoms with Crippen molar-refractivity contribution in [3.05, 3.63) is 63.5 Å². The first-order valence-corrected chi connectivity index (χ1v) is 9.79. The lowest BCUT2D eigenvalue weighted by molar-refractivity contribution is -0.151. The molecule has 1 aliphatic rings. The molecule has 1 N–H and O–H groups in total. The van der Waals surface area contributed by atoms with Gasteiger partial charge in [0.1, 0.15) is 23.9 Å². The minimum atomic E-state index is -0.813. The van der Waals surface area contributed by atoms with Crippen LogP contribution in [0, 0.1) is 11.7 Å². The molecular weight excluding hydrogens is 415 g/mol. The molecule has 0 radical (unpaired) electrons. The summed E-state index contributed by atoms with van der Waals surface area (Å²) in [6, 6.07) is 10.1. The molecule has 0 saturated heterocycles. The summed E-state index contributed by atoms with van der Waals surface area (Å²) in [6.07, 6.45) is 0.843. The van der Waals surface area contributed by atoms with Crippen molar-refractivity contribution >= 4 is 28.5 Å². The lowest BCUT2D eigenvalue weighted by Gasteiger charge is -2.32. The first kappa shape index (κ1) is 20.4. The zero-order valence-corrected chi connectivity index (χ0v) is 16.5.